The second-order valence-electron chi connectivity index (χ2n) is 3.62. The van der Waals surface area contributed by atoms with Crippen LogP contribution in [-0.4, -0.2) is 11.5 Å². The van der Waals surface area contributed by atoms with Gasteiger partial charge in [0.15, 0.2) is 0 Å². The molecule has 1 saturated heterocycles. The van der Waals surface area contributed by atoms with E-state index in [1.165, 1.54) is 33.5 Å². The predicted octanol–water partition coefficient (Wildman–Crippen LogP) is 3.13. The molecule has 0 saturated carbocycles. The van der Waals surface area contributed by atoms with Crippen molar-refractivity contribution in [3.8, 4) is 0 Å². The fourth-order valence-corrected chi connectivity index (χ4v) is 3.81. The van der Waals surface area contributed by atoms with Crippen molar-refractivity contribution in [2.24, 2.45) is 5.73 Å². The van der Waals surface area contributed by atoms with Crippen molar-refractivity contribution in [3.05, 3.63) is 33.8 Å². The zero-order valence-corrected chi connectivity index (χ0v) is 10.4. The van der Waals surface area contributed by atoms with Crippen LogP contribution in [0, 0.1) is 0 Å². The fraction of sp³-hybridized carbons (Fsp3) is 0.455. The van der Waals surface area contributed by atoms with Crippen molar-refractivity contribution >= 4 is 27.7 Å². The van der Waals surface area contributed by atoms with Crippen molar-refractivity contribution in [2.45, 2.75) is 18.9 Å². The molecule has 1 unspecified atom stereocenters. The molecule has 0 aliphatic carbocycles. The Labute approximate surface area is 97.6 Å². The number of benzene rings is 1. The topological polar surface area (TPSA) is 26.0 Å². The lowest BCUT2D eigenvalue weighted by Gasteiger charge is -2.12. The van der Waals surface area contributed by atoms with Crippen LogP contribution in [0.3, 0.4) is 0 Å². The summed E-state index contributed by atoms with van der Waals surface area (Å²) in [7, 11) is 0. The lowest BCUT2D eigenvalue weighted by atomic mass is 9.97. The first kappa shape index (κ1) is 10.5. The van der Waals surface area contributed by atoms with E-state index in [4.69, 9.17) is 5.73 Å². The van der Waals surface area contributed by atoms with E-state index in [0.29, 0.717) is 6.54 Å². The highest BCUT2D eigenvalue weighted by molar-refractivity contribution is 9.10. The van der Waals surface area contributed by atoms with Gasteiger partial charge >= 0.3 is 0 Å². The Hall–Kier alpha value is 0.01000. The molecule has 14 heavy (non-hydrogen) atoms. The molecule has 1 heterocycles. The third-order valence-corrected chi connectivity index (χ3v) is 4.52. The Balaban J connectivity index is 2.25. The zero-order valence-electron chi connectivity index (χ0n) is 8.00. The minimum Gasteiger partial charge on any atom is -0.326 e. The average Bonchev–Trinajstić information content (AvgIpc) is 2.70. The number of nitrogens with two attached hydrogens (primary N) is 1. The first-order valence-corrected chi connectivity index (χ1v) is 6.82. The number of halogens is 1. The van der Waals surface area contributed by atoms with Gasteiger partial charge in [-0.15, -0.1) is 0 Å². The molecule has 0 spiro atoms. The molecule has 76 valence electrons. The van der Waals surface area contributed by atoms with Crippen molar-refractivity contribution in [2.75, 3.05) is 11.5 Å². The van der Waals surface area contributed by atoms with E-state index in [2.05, 4.69) is 45.9 Å². The van der Waals surface area contributed by atoms with Gasteiger partial charge in [0.1, 0.15) is 0 Å². The SMILES string of the molecule is NCc1ccc(C2CCSC2)c(Br)c1. The van der Waals surface area contributed by atoms with Gasteiger partial charge in [0.2, 0.25) is 0 Å². The first-order valence-electron chi connectivity index (χ1n) is 4.87. The Morgan fingerprint density at radius 2 is 2.36 bits per heavy atom. The molecule has 1 aliphatic rings. The van der Waals surface area contributed by atoms with E-state index in [1.54, 1.807) is 0 Å². The average molecular weight is 272 g/mol. The molecule has 1 aromatic rings. The summed E-state index contributed by atoms with van der Waals surface area (Å²) in [5.41, 5.74) is 8.25. The number of hydrogen-bond donors (Lipinski definition) is 1. The summed E-state index contributed by atoms with van der Waals surface area (Å²) in [4.78, 5) is 0. The summed E-state index contributed by atoms with van der Waals surface area (Å²) < 4.78 is 1.23. The van der Waals surface area contributed by atoms with Gasteiger partial charge in [0.05, 0.1) is 0 Å². The first-order chi connectivity index (χ1) is 6.81. The molecule has 2 N–H and O–H groups in total. The van der Waals surface area contributed by atoms with E-state index in [-0.39, 0.29) is 0 Å². The molecule has 0 bridgehead atoms. The van der Waals surface area contributed by atoms with Crippen molar-refractivity contribution < 1.29 is 0 Å². The normalized spacial score (nSPS) is 21.4. The number of rotatable bonds is 2. The smallest absolute Gasteiger partial charge is 0.0213 e. The molecular weight excluding hydrogens is 258 g/mol. The standard InChI is InChI=1S/C11H14BrNS/c12-11-5-8(6-13)1-2-10(11)9-3-4-14-7-9/h1-2,5,9H,3-4,6-7,13H2. The predicted molar refractivity (Wildman–Crippen MR) is 66.7 cm³/mol. The van der Waals surface area contributed by atoms with Gasteiger partial charge in [0.25, 0.3) is 0 Å². The largest absolute Gasteiger partial charge is 0.326 e. The summed E-state index contributed by atoms with van der Waals surface area (Å²) in [5.74, 6) is 3.30. The summed E-state index contributed by atoms with van der Waals surface area (Å²) in [5, 5.41) is 0. The lowest BCUT2D eigenvalue weighted by Crippen LogP contribution is -2.00. The van der Waals surface area contributed by atoms with Crippen LogP contribution in [-0.2, 0) is 6.54 Å². The van der Waals surface area contributed by atoms with Gasteiger partial charge in [-0.1, -0.05) is 28.1 Å². The highest BCUT2D eigenvalue weighted by Gasteiger charge is 2.19. The molecule has 1 aromatic carbocycles. The Bertz CT molecular complexity index is 321. The Kier molecular flexibility index (Phi) is 3.52. The van der Waals surface area contributed by atoms with Gasteiger partial charge in [0, 0.05) is 16.8 Å². The third-order valence-electron chi connectivity index (χ3n) is 2.67. The molecule has 1 nitrogen and oxygen atoms in total. The molecule has 1 aliphatic heterocycles. The van der Waals surface area contributed by atoms with E-state index in [9.17, 15) is 0 Å². The highest BCUT2D eigenvalue weighted by Crippen LogP contribution is 2.36. The van der Waals surface area contributed by atoms with E-state index < -0.39 is 0 Å². The van der Waals surface area contributed by atoms with Crippen molar-refractivity contribution in [3.63, 3.8) is 0 Å². The minimum atomic E-state index is 0.623. The number of thioether (sulfide) groups is 1. The second-order valence-corrected chi connectivity index (χ2v) is 5.62. The second kappa shape index (κ2) is 4.69. The molecule has 0 aromatic heterocycles. The maximum Gasteiger partial charge on any atom is 0.0213 e. The summed E-state index contributed by atoms with van der Waals surface area (Å²) >= 11 is 5.68. The van der Waals surface area contributed by atoms with Crippen LogP contribution >= 0.6 is 27.7 Å². The molecule has 3 heteroatoms. The quantitative estimate of drug-likeness (QED) is 0.895. The van der Waals surface area contributed by atoms with Crippen molar-refractivity contribution in [1.82, 2.24) is 0 Å². The molecule has 0 radical (unpaired) electrons. The lowest BCUT2D eigenvalue weighted by molar-refractivity contribution is 0.777. The van der Waals surface area contributed by atoms with Gasteiger partial charge in [-0.05, 0) is 35.3 Å². The van der Waals surface area contributed by atoms with Gasteiger partial charge in [-0.25, -0.2) is 0 Å². The summed E-state index contributed by atoms with van der Waals surface area (Å²) in [6.45, 7) is 0.623. The van der Waals surface area contributed by atoms with E-state index in [0.717, 1.165) is 5.92 Å². The zero-order chi connectivity index (χ0) is 9.97. The molecule has 2 rings (SSSR count). The maximum absolute atomic E-state index is 5.60. The molecular formula is C11H14BrNS. The van der Waals surface area contributed by atoms with Crippen LogP contribution < -0.4 is 5.73 Å². The van der Waals surface area contributed by atoms with Crippen LogP contribution in [0.1, 0.15) is 23.5 Å². The van der Waals surface area contributed by atoms with E-state index in [1.807, 2.05) is 0 Å². The summed E-state index contributed by atoms with van der Waals surface area (Å²) in [6, 6.07) is 6.52. The van der Waals surface area contributed by atoms with E-state index >= 15 is 0 Å². The molecule has 1 fully saturated rings. The van der Waals surface area contributed by atoms with Gasteiger partial charge < -0.3 is 5.73 Å². The molecule has 0 amide bonds. The third kappa shape index (κ3) is 2.15. The minimum absolute atomic E-state index is 0.623. The van der Waals surface area contributed by atoms with Gasteiger partial charge in [-0.3, -0.25) is 0 Å². The molecule has 1 atom stereocenters. The number of hydrogen-bond acceptors (Lipinski definition) is 2. The monoisotopic (exact) mass is 271 g/mol. The van der Waals surface area contributed by atoms with Crippen LogP contribution in [0.2, 0.25) is 0 Å². The van der Waals surface area contributed by atoms with Crippen LogP contribution in [0.4, 0.5) is 0 Å². The Morgan fingerprint density at radius 3 is 2.93 bits per heavy atom. The summed E-state index contributed by atoms with van der Waals surface area (Å²) in [6.07, 6.45) is 1.31. The van der Waals surface area contributed by atoms with Gasteiger partial charge in [-0.2, -0.15) is 11.8 Å². The fourth-order valence-electron chi connectivity index (χ4n) is 1.81. The van der Waals surface area contributed by atoms with Crippen molar-refractivity contribution in [1.29, 1.82) is 0 Å². The van der Waals surface area contributed by atoms with Crippen LogP contribution in [0.15, 0.2) is 22.7 Å². The van der Waals surface area contributed by atoms with Crippen LogP contribution in [0.5, 0.6) is 0 Å². The Morgan fingerprint density at radius 1 is 1.50 bits per heavy atom. The highest BCUT2D eigenvalue weighted by atomic mass is 79.9. The maximum atomic E-state index is 5.60. The van der Waals surface area contributed by atoms with Crippen LogP contribution in [0.25, 0.3) is 0 Å².